The predicted molar refractivity (Wildman–Crippen MR) is 75.5 cm³/mol. The second-order valence-corrected chi connectivity index (χ2v) is 4.69. The summed E-state index contributed by atoms with van der Waals surface area (Å²) in [7, 11) is 0. The Balaban J connectivity index is 1.98. The third-order valence-corrected chi connectivity index (χ3v) is 3.31. The first-order valence-electron chi connectivity index (χ1n) is 6.71. The number of rotatable bonds is 3. The van der Waals surface area contributed by atoms with E-state index in [1.807, 2.05) is 4.90 Å². The van der Waals surface area contributed by atoms with Crippen molar-refractivity contribution in [3.63, 3.8) is 0 Å². The highest BCUT2D eigenvalue weighted by atomic mass is 19.3. The van der Waals surface area contributed by atoms with Gasteiger partial charge in [-0.1, -0.05) is 0 Å². The summed E-state index contributed by atoms with van der Waals surface area (Å²) in [5.41, 5.74) is 5.44. The van der Waals surface area contributed by atoms with E-state index in [9.17, 15) is 8.78 Å². The summed E-state index contributed by atoms with van der Waals surface area (Å²) < 4.78 is 31.5. The summed E-state index contributed by atoms with van der Waals surface area (Å²) in [6.07, 6.45) is -0.164. The maximum absolute atomic E-state index is 13.1. The lowest BCUT2D eigenvalue weighted by Crippen LogP contribution is -2.36. The normalized spacial score (nSPS) is 15.3. The number of morpholine rings is 1. The highest BCUT2D eigenvalue weighted by Gasteiger charge is 2.20. The van der Waals surface area contributed by atoms with E-state index < -0.39 is 12.1 Å². The van der Waals surface area contributed by atoms with Crippen molar-refractivity contribution < 1.29 is 13.5 Å². The van der Waals surface area contributed by atoms with Crippen molar-refractivity contribution in [3.05, 3.63) is 24.3 Å². The molecule has 0 aromatic carbocycles. The minimum absolute atomic E-state index is 0.154. The van der Waals surface area contributed by atoms with E-state index in [1.165, 1.54) is 12.5 Å². The van der Waals surface area contributed by atoms with Gasteiger partial charge in [0.05, 0.1) is 18.9 Å². The number of anilines is 2. The summed E-state index contributed by atoms with van der Waals surface area (Å²) in [4.78, 5) is 17.6. The van der Waals surface area contributed by atoms with Gasteiger partial charge in [0.15, 0.2) is 0 Å². The van der Waals surface area contributed by atoms with Crippen LogP contribution in [0.5, 0.6) is 0 Å². The van der Waals surface area contributed by atoms with E-state index in [1.54, 1.807) is 6.07 Å². The number of nitrogens with zero attached hydrogens (tertiary/aromatic N) is 5. The van der Waals surface area contributed by atoms with Crippen molar-refractivity contribution in [3.8, 4) is 11.3 Å². The molecule has 3 rings (SSSR count). The van der Waals surface area contributed by atoms with Crippen LogP contribution in [0, 0.1) is 0 Å². The Morgan fingerprint density at radius 3 is 2.68 bits per heavy atom. The standard InChI is InChI=1S/C13H14F2N6O/c14-12(15)11-8(6-17-13(16)20-11)9-5-10(19-7-18-9)21-1-3-22-4-2-21/h5-7,12H,1-4H2,(H2,16,17,20). The molecule has 0 radical (unpaired) electrons. The predicted octanol–water partition coefficient (Wildman–Crippen LogP) is 1.29. The lowest BCUT2D eigenvalue weighted by molar-refractivity contribution is 0.122. The van der Waals surface area contributed by atoms with Crippen LogP contribution >= 0.6 is 0 Å². The molecule has 2 N–H and O–H groups in total. The number of ether oxygens (including phenoxy) is 1. The molecule has 7 nitrogen and oxygen atoms in total. The fourth-order valence-corrected chi connectivity index (χ4v) is 2.23. The van der Waals surface area contributed by atoms with Gasteiger partial charge in [-0.25, -0.2) is 28.7 Å². The van der Waals surface area contributed by atoms with Crippen LogP contribution in [0.15, 0.2) is 18.6 Å². The van der Waals surface area contributed by atoms with Gasteiger partial charge in [0.2, 0.25) is 5.95 Å². The van der Waals surface area contributed by atoms with Gasteiger partial charge in [-0.3, -0.25) is 0 Å². The number of nitrogen functional groups attached to an aromatic ring is 1. The van der Waals surface area contributed by atoms with E-state index in [0.29, 0.717) is 37.8 Å². The van der Waals surface area contributed by atoms with Crippen LogP contribution in [-0.4, -0.2) is 46.2 Å². The molecule has 0 aliphatic carbocycles. The van der Waals surface area contributed by atoms with E-state index in [4.69, 9.17) is 10.5 Å². The Bertz CT molecular complexity index is 663. The molecule has 22 heavy (non-hydrogen) atoms. The molecular formula is C13H14F2N6O. The molecule has 2 aromatic heterocycles. The highest BCUT2D eigenvalue weighted by molar-refractivity contribution is 5.65. The summed E-state index contributed by atoms with van der Waals surface area (Å²) in [6.45, 7) is 2.59. The first-order chi connectivity index (χ1) is 10.6. The van der Waals surface area contributed by atoms with Crippen LogP contribution in [0.2, 0.25) is 0 Å². The van der Waals surface area contributed by atoms with Gasteiger partial charge in [0.25, 0.3) is 6.43 Å². The molecule has 0 saturated carbocycles. The van der Waals surface area contributed by atoms with Gasteiger partial charge >= 0.3 is 0 Å². The molecule has 0 bridgehead atoms. The van der Waals surface area contributed by atoms with Gasteiger partial charge in [0, 0.05) is 30.9 Å². The van der Waals surface area contributed by atoms with Gasteiger partial charge in [0.1, 0.15) is 17.8 Å². The molecule has 1 aliphatic heterocycles. The van der Waals surface area contributed by atoms with Crippen LogP contribution in [0.3, 0.4) is 0 Å². The fourth-order valence-electron chi connectivity index (χ4n) is 2.23. The average molecular weight is 308 g/mol. The summed E-state index contributed by atoms with van der Waals surface area (Å²) in [5.74, 6) is 0.465. The molecule has 1 aliphatic rings. The lowest BCUT2D eigenvalue weighted by atomic mass is 10.1. The maximum Gasteiger partial charge on any atom is 0.281 e. The molecule has 3 heterocycles. The lowest BCUT2D eigenvalue weighted by Gasteiger charge is -2.27. The SMILES string of the molecule is Nc1ncc(-c2cc(N3CCOCC3)ncn2)c(C(F)F)n1. The Morgan fingerprint density at radius 2 is 1.95 bits per heavy atom. The van der Waals surface area contributed by atoms with E-state index in [2.05, 4.69) is 19.9 Å². The maximum atomic E-state index is 13.1. The van der Waals surface area contributed by atoms with Gasteiger partial charge in [-0.2, -0.15) is 0 Å². The van der Waals surface area contributed by atoms with E-state index >= 15 is 0 Å². The van der Waals surface area contributed by atoms with Crippen molar-refractivity contribution in [2.45, 2.75) is 6.43 Å². The van der Waals surface area contributed by atoms with Crippen LogP contribution in [0.4, 0.5) is 20.5 Å². The van der Waals surface area contributed by atoms with Crippen molar-refractivity contribution in [1.29, 1.82) is 0 Å². The van der Waals surface area contributed by atoms with Crippen LogP contribution in [-0.2, 0) is 4.74 Å². The minimum atomic E-state index is -2.76. The minimum Gasteiger partial charge on any atom is -0.378 e. The Kier molecular flexibility index (Phi) is 4.05. The fraction of sp³-hybridized carbons (Fsp3) is 0.385. The van der Waals surface area contributed by atoms with Crippen LogP contribution in [0.25, 0.3) is 11.3 Å². The van der Waals surface area contributed by atoms with Gasteiger partial charge in [-0.05, 0) is 0 Å². The quantitative estimate of drug-likeness (QED) is 0.913. The molecule has 1 saturated heterocycles. The number of nitrogens with two attached hydrogens (primary N) is 1. The molecule has 2 aromatic rings. The third-order valence-electron chi connectivity index (χ3n) is 3.31. The van der Waals surface area contributed by atoms with Gasteiger partial charge < -0.3 is 15.4 Å². The topological polar surface area (TPSA) is 90.0 Å². The Morgan fingerprint density at radius 1 is 1.18 bits per heavy atom. The molecule has 9 heteroatoms. The van der Waals surface area contributed by atoms with E-state index in [0.717, 1.165) is 0 Å². The summed E-state index contributed by atoms with van der Waals surface area (Å²) >= 11 is 0. The van der Waals surface area contributed by atoms with Gasteiger partial charge in [-0.15, -0.1) is 0 Å². The number of halogens is 2. The van der Waals surface area contributed by atoms with E-state index in [-0.39, 0.29) is 11.5 Å². The molecule has 1 fully saturated rings. The largest absolute Gasteiger partial charge is 0.378 e. The first kappa shape index (κ1) is 14.5. The van der Waals surface area contributed by atoms with Crippen LogP contribution in [0.1, 0.15) is 12.1 Å². The molecule has 0 spiro atoms. The second kappa shape index (κ2) is 6.14. The highest BCUT2D eigenvalue weighted by Crippen LogP contribution is 2.29. The zero-order valence-corrected chi connectivity index (χ0v) is 11.6. The second-order valence-electron chi connectivity index (χ2n) is 4.69. The zero-order chi connectivity index (χ0) is 15.5. The molecule has 116 valence electrons. The van der Waals surface area contributed by atoms with Crippen molar-refractivity contribution in [1.82, 2.24) is 19.9 Å². The van der Waals surface area contributed by atoms with Crippen molar-refractivity contribution in [2.24, 2.45) is 0 Å². The molecular weight excluding hydrogens is 294 g/mol. The average Bonchev–Trinajstić information content (AvgIpc) is 2.55. The summed E-state index contributed by atoms with van der Waals surface area (Å²) in [6, 6.07) is 1.64. The number of aromatic nitrogens is 4. The van der Waals surface area contributed by atoms with Crippen molar-refractivity contribution in [2.75, 3.05) is 36.9 Å². The van der Waals surface area contributed by atoms with Crippen molar-refractivity contribution >= 4 is 11.8 Å². The molecule has 0 amide bonds. The molecule has 0 atom stereocenters. The summed E-state index contributed by atoms with van der Waals surface area (Å²) in [5, 5.41) is 0. The number of hydrogen-bond acceptors (Lipinski definition) is 7. The first-order valence-corrected chi connectivity index (χ1v) is 6.71. The Hall–Kier alpha value is -2.42. The third kappa shape index (κ3) is 2.93. The Labute approximate surface area is 125 Å². The van der Waals surface area contributed by atoms with Crippen LogP contribution < -0.4 is 10.6 Å². The smallest absolute Gasteiger partial charge is 0.281 e. The zero-order valence-electron chi connectivity index (χ0n) is 11.6. The number of hydrogen-bond donors (Lipinski definition) is 1. The molecule has 0 unspecified atom stereocenters. The number of alkyl halides is 2. The monoisotopic (exact) mass is 308 g/mol.